The van der Waals surface area contributed by atoms with E-state index in [0.717, 1.165) is 31.2 Å². The fourth-order valence-electron chi connectivity index (χ4n) is 4.38. The van der Waals surface area contributed by atoms with Crippen LogP contribution in [-0.2, 0) is 16.0 Å². The molecule has 1 aromatic heterocycles. The number of aromatic nitrogens is 3. The molecule has 0 saturated heterocycles. The molecule has 1 aliphatic rings. The molecule has 4 rings (SSSR count). The molecule has 1 amide bonds. The molecule has 0 radical (unpaired) electrons. The summed E-state index contributed by atoms with van der Waals surface area (Å²) >= 11 is 0. The fraction of sp³-hybridized carbons (Fsp3) is 0.448. The Morgan fingerprint density at radius 3 is 2.38 bits per heavy atom. The number of nitrogens with zero attached hydrogens (tertiary/aromatic N) is 3. The number of hydrogen-bond acceptors (Lipinski definition) is 11. The van der Waals surface area contributed by atoms with Crippen LogP contribution in [0.4, 0.5) is 27.9 Å². The first kappa shape index (κ1) is 31.0. The first-order valence-electron chi connectivity index (χ1n) is 14.2. The van der Waals surface area contributed by atoms with E-state index in [1.54, 1.807) is 30.3 Å². The molecule has 42 heavy (non-hydrogen) atoms. The standard InChI is InChI=1S/C29H39FN8O4/c30-22-3-1-2-20(18-22)19-33-27-36-28(38-29(37-27)35-24-8-10-25(39)11-9-24)34-23-6-4-21(5-7-23)26(40)32-13-15-42-17-16-41-14-12-31/h1-7,18,24-25,39H,8-17,19,31H2,(H,32,40)(H3,33,34,35,36,37,38). The van der Waals surface area contributed by atoms with Crippen molar-refractivity contribution in [2.75, 3.05) is 55.5 Å². The van der Waals surface area contributed by atoms with Crippen molar-refractivity contribution in [2.24, 2.45) is 5.73 Å². The molecular formula is C29H39FN8O4. The molecule has 0 unspecified atom stereocenters. The van der Waals surface area contributed by atoms with Gasteiger partial charge in [-0.3, -0.25) is 4.79 Å². The number of aliphatic hydroxyl groups excluding tert-OH is 1. The van der Waals surface area contributed by atoms with E-state index >= 15 is 0 Å². The lowest BCUT2D eigenvalue weighted by molar-refractivity contribution is 0.0511. The third-order valence-electron chi connectivity index (χ3n) is 6.57. The van der Waals surface area contributed by atoms with Crippen molar-refractivity contribution in [2.45, 2.75) is 44.4 Å². The molecule has 1 aliphatic carbocycles. The van der Waals surface area contributed by atoms with Crippen LogP contribution in [0.2, 0.25) is 0 Å². The molecule has 12 nitrogen and oxygen atoms in total. The van der Waals surface area contributed by atoms with Crippen LogP contribution in [-0.4, -0.2) is 77.6 Å². The van der Waals surface area contributed by atoms with Crippen LogP contribution in [0, 0.1) is 5.82 Å². The van der Waals surface area contributed by atoms with Gasteiger partial charge < -0.3 is 41.6 Å². The maximum Gasteiger partial charge on any atom is 0.251 e. The van der Waals surface area contributed by atoms with E-state index in [-0.39, 0.29) is 23.9 Å². The molecule has 0 spiro atoms. The Balaban J connectivity index is 1.35. The second-order valence-corrected chi connectivity index (χ2v) is 9.91. The summed E-state index contributed by atoms with van der Waals surface area (Å²) in [6.07, 6.45) is 2.78. The number of anilines is 4. The van der Waals surface area contributed by atoms with Crippen molar-refractivity contribution in [3.05, 3.63) is 65.5 Å². The number of carbonyl (C=O) groups excluding carboxylic acids is 1. The van der Waals surface area contributed by atoms with Crippen molar-refractivity contribution in [1.29, 1.82) is 0 Å². The zero-order valence-electron chi connectivity index (χ0n) is 23.5. The van der Waals surface area contributed by atoms with Gasteiger partial charge in [0.2, 0.25) is 17.8 Å². The van der Waals surface area contributed by atoms with E-state index in [1.165, 1.54) is 12.1 Å². The third-order valence-corrected chi connectivity index (χ3v) is 6.57. The lowest BCUT2D eigenvalue weighted by Crippen LogP contribution is -2.29. The molecule has 0 aliphatic heterocycles. The minimum absolute atomic E-state index is 0.132. The highest BCUT2D eigenvalue weighted by Crippen LogP contribution is 2.23. The Morgan fingerprint density at radius 1 is 0.929 bits per heavy atom. The van der Waals surface area contributed by atoms with Crippen molar-refractivity contribution in [3.8, 4) is 0 Å². The molecule has 1 saturated carbocycles. The van der Waals surface area contributed by atoms with Crippen LogP contribution < -0.4 is 27.0 Å². The third kappa shape index (κ3) is 10.5. The Morgan fingerprint density at radius 2 is 1.64 bits per heavy atom. The normalized spacial score (nSPS) is 16.5. The van der Waals surface area contributed by atoms with Gasteiger partial charge in [-0.15, -0.1) is 0 Å². The van der Waals surface area contributed by atoms with Crippen molar-refractivity contribution in [3.63, 3.8) is 0 Å². The van der Waals surface area contributed by atoms with Crippen LogP contribution in [0.25, 0.3) is 0 Å². The summed E-state index contributed by atoms with van der Waals surface area (Å²) in [5, 5.41) is 22.3. The first-order chi connectivity index (χ1) is 20.5. The molecule has 2 aromatic carbocycles. The average molecular weight is 583 g/mol. The van der Waals surface area contributed by atoms with Gasteiger partial charge in [-0.2, -0.15) is 15.0 Å². The number of aliphatic hydroxyl groups is 1. The van der Waals surface area contributed by atoms with E-state index in [2.05, 4.69) is 36.2 Å². The van der Waals surface area contributed by atoms with Crippen molar-refractivity contribution >= 4 is 29.4 Å². The predicted molar refractivity (Wildman–Crippen MR) is 158 cm³/mol. The van der Waals surface area contributed by atoms with E-state index < -0.39 is 0 Å². The SMILES string of the molecule is NCCOCCOCCNC(=O)c1ccc(Nc2nc(NCc3cccc(F)c3)nc(NC3CCC(O)CC3)n2)cc1. The number of halogens is 1. The smallest absolute Gasteiger partial charge is 0.251 e. The maximum absolute atomic E-state index is 13.6. The number of nitrogens with two attached hydrogens (primary N) is 1. The Hall–Kier alpha value is -3.91. The predicted octanol–water partition coefficient (Wildman–Crippen LogP) is 2.80. The molecule has 0 bridgehead atoms. The van der Waals surface area contributed by atoms with Crippen LogP contribution in [0.1, 0.15) is 41.6 Å². The number of nitrogens with one attached hydrogen (secondary N) is 4. The van der Waals surface area contributed by atoms with Gasteiger partial charge in [0.05, 0.1) is 32.5 Å². The van der Waals surface area contributed by atoms with Crippen LogP contribution in [0.3, 0.4) is 0 Å². The van der Waals surface area contributed by atoms with Gasteiger partial charge in [0.25, 0.3) is 5.91 Å². The second-order valence-electron chi connectivity index (χ2n) is 9.91. The van der Waals surface area contributed by atoms with Gasteiger partial charge in [0.1, 0.15) is 5.82 Å². The minimum Gasteiger partial charge on any atom is -0.393 e. The molecule has 13 heteroatoms. The lowest BCUT2D eigenvalue weighted by atomic mass is 9.93. The zero-order valence-corrected chi connectivity index (χ0v) is 23.5. The Bertz CT molecular complexity index is 1260. The maximum atomic E-state index is 13.6. The fourth-order valence-corrected chi connectivity index (χ4v) is 4.38. The number of benzene rings is 2. The van der Waals surface area contributed by atoms with Crippen LogP contribution >= 0.6 is 0 Å². The Kier molecular flexibility index (Phi) is 12.2. The second kappa shape index (κ2) is 16.5. The zero-order chi connectivity index (χ0) is 29.6. The van der Waals surface area contributed by atoms with Gasteiger partial charge >= 0.3 is 0 Å². The summed E-state index contributed by atoms with van der Waals surface area (Å²) < 4.78 is 24.3. The van der Waals surface area contributed by atoms with E-state index in [0.29, 0.717) is 75.2 Å². The van der Waals surface area contributed by atoms with Crippen molar-refractivity contribution < 1.29 is 23.8 Å². The quantitative estimate of drug-likeness (QED) is 0.137. The van der Waals surface area contributed by atoms with E-state index in [4.69, 9.17) is 15.2 Å². The summed E-state index contributed by atoms with van der Waals surface area (Å²) in [6, 6.07) is 13.4. The molecule has 1 fully saturated rings. The summed E-state index contributed by atoms with van der Waals surface area (Å²) in [6.45, 7) is 2.96. The highest BCUT2D eigenvalue weighted by Gasteiger charge is 2.20. The van der Waals surface area contributed by atoms with E-state index in [9.17, 15) is 14.3 Å². The van der Waals surface area contributed by atoms with Gasteiger partial charge in [-0.05, 0) is 67.6 Å². The highest BCUT2D eigenvalue weighted by atomic mass is 19.1. The number of amides is 1. The monoisotopic (exact) mass is 582 g/mol. The summed E-state index contributed by atoms with van der Waals surface area (Å²) in [5.74, 6) is 0.482. The summed E-state index contributed by atoms with van der Waals surface area (Å²) in [5.41, 5.74) is 7.29. The number of hydrogen-bond donors (Lipinski definition) is 6. The molecular weight excluding hydrogens is 543 g/mol. The lowest BCUT2D eigenvalue weighted by Gasteiger charge is -2.26. The van der Waals surface area contributed by atoms with Gasteiger partial charge in [0, 0.05) is 36.9 Å². The number of ether oxygens (including phenoxy) is 2. The van der Waals surface area contributed by atoms with Crippen LogP contribution in [0.15, 0.2) is 48.5 Å². The number of rotatable bonds is 16. The first-order valence-corrected chi connectivity index (χ1v) is 14.2. The van der Waals surface area contributed by atoms with Crippen LogP contribution in [0.5, 0.6) is 0 Å². The Labute approximate surface area is 244 Å². The van der Waals surface area contributed by atoms with Gasteiger partial charge in [-0.25, -0.2) is 4.39 Å². The average Bonchev–Trinajstić information content (AvgIpc) is 2.99. The summed E-state index contributed by atoms with van der Waals surface area (Å²) in [7, 11) is 0. The van der Waals surface area contributed by atoms with Crippen molar-refractivity contribution in [1.82, 2.24) is 20.3 Å². The topological polar surface area (TPSA) is 169 Å². The minimum atomic E-state index is -0.316. The number of carbonyl (C=O) groups is 1. The summed E-state index contributed by atoms with van der Waals surface area (Å²) in [4.78, 5) is 26.0. The largest absolute Gasteiger partial charge is 0.393 e. The molecule has 0 atom stereocenters. The van der Waals surface area contributed by atoms with Gasteiger partial charge in [-0.1, -0.05) is 12.1 Å². The molecule has 7 N–H and O–H groups in total. The molecule has 226 valence electrons. The molecule has 1 heterocycles. The van der Waals surface area contributed by atoms with Gasteiger partial charge in [0.15, 0.2) is 0 Å². The highest BCUT2D eigenvalue weighted by molar-refractivity contribution is 5.94. The molecule has 3 aromatic rings. The van der Waals surface area contributed by atoms with E-state index in [1.807, 2.05) is 6.07 Å².